The Hall–Kier alpha value is -2.49. The van der Waals surface area contributed by atoms with E-state index in [4.69, 9.17) is 9.47 Å². The van der Waals surface area contributed by atoms with Crippen LogP contribution < -0.4 is 14.8 Å². The summed E-state index contributed by atoms with van der Waals surface area (Å²) < 4.78 is 11.2. The molecule has 2 aromatic carbocycles. The Kier molecular flexibility index (Phi) is 6.74. The van der Waals surface area contributed by atoms with Crippen molar-refractivity contribution in [3.8, 4) is 11.5 Å². The molecule has 4 heteroatoms. The first-order valence-corrected chi connectivity index (χ1v) is 9.85. The minimum Gasteiger partial charge on any atom is -0.496 e. The van der Waals surface area contributed by atoms with Gasteiger partial charge in [0.25, 0.3) is 5.91 Å². The third-order valence-electron chi connectivity index (χ3n) is 5.12. The zero-order chi connectivity index (χ0) is 19.1. The monoisotopic (exact) mass is 367 g/mol. The first-order valence-electron chi connectivity index (χ1n) is 9.85. The van der Waals surface area contributed by atoms with Gasteiger partial charge >= 0.3 is 0 Å². The van der Waals surface area contributed by atoms with Gasteiger partial charge in [-0.15, -0.1) is 0 Å². The van der Waals surface area contributed by atoms with E-state index in [1.807, 2.05) is 24.3 Å². The number of methoxy groups -OCH3 is 1. The molecule has 2 aromatic rings. The van der Waals surface area contributed by atoms with Gasteiger partial charge in [0.05, 0.1) is 7.11 Å². The highest BCUT2D eigenvalue weighted by Crippen LogP contribution is 2.26. The molecule has 0 bridgehead atoms. The maximum absolute atomic E-state index is 12.3. The van der Waals surface area contributed by atoms with Crippen LogP contribution in [0.25, 0.3) is 0 Å². The van der Waals surface area contributed by atoms with Crippen LogP contribution in [0.15, 0.2) is 42.5 Å². The fourth-order valence-corrected chi connectivity index (χ4v) is 3.58. The molecule has 0 saturated heterocycles. The van der Waals surface area contributed by atoms with Crippen LogP contribution in [0.4, 0.5) is 0 Å². The summed E-state index contributed by atoms with van der Waals surface area (Å²) in [4.78, 5) is 12.3. The van der Waals surface area contributed by atoms with E-state index in [1.165, 1.54) is 24.0 Å². The van der Waals surface area contributed by atoms with Gasteiger partial charge in [-0.3, -0.25) is 4.79 Å². The molecule has 144 valence electrons. The minimum absolute atomic E-state index is 0.0762. The molecule has 0 radical (unpaired) electrons. The molecule has 0 saturated carbocycles. The van der Waals surface area contributed by atoms with Crippen molar-refractivity contribution in [2.24, 2.45) is 0 Å². The van der Waals surface area contributed by atoms with Crippen molar-refractivity contribution in [2.75, 3.05) is 13.7 Å². The van der Waals surface area contributed by atoms with Crippen LogP contribution in [0, 0.1) is 0 Å². The van der Waals surface area contributed by atoms with E-state index >= 15 is 0 Å². The fourth-order valence-electron chi connectivity index (χ4n) is 3.58. The van der Waals surface area contributed by atoms with E-state index in [2.05, 4.69) is 23.5 Å². The number of aryl methyl sites for hydroxylation is 3. The molecule has 1 atom stereocenters. The highest BCUT2D eigenvalue weighted by atomic mass is 16.5. The summed E-state index contributed by atoms with van der Waals surface area (Å²) in [7, 11) is 1.68. The van der Waals surface area contributed by atoms with Crippen LogP contribution in [0.5, 0.6) is 11.5 Å². The average Bonchev–Trinajstić information content (AvgIpc) is 2.71. The lowest BCUT2D eigenvalue weighted by atomic mass is 9.92. The lowest BCUT2D eigenvalue weighted by Crippen LogP contribution is -2.37. The topological polar surface area (TPSA) is 47.6 Å². The lowest BCUT2D eigenvalue weighted by Gasteiger charge is -2.19. The third-order valence-corrected chi connectivity index (χ3v) is 5.12. The number of para-hydroxylation sites is 1. The first-order chi connectivity index (χ1) is 13.2. The molecular weight excluding hydrogens is 338 g/mol. The van der Waals surface area contributed by atoms with Gasteiger partial charge in [0.1, 0.15) is 11.5 Å². The molecule has 0 fully saturated rings. The summed E-state index contributed by atoms with van der Waals surface area (Å²) in [5.41, 5.74) is 3.94. The van der Waals surface area contributed by atoms with Crippen LogP contribution in [-0.2, 0) is 24.1 Å². The van der Waals surface area contributed by atoms with Gasteiger partial charge < -0.3 is 14.8 Å². The normalized spacial score (nSPS) is 14.1. The molecule has 27 heavy (non-hydrogen) atoms. The van der Waals surface area contributed by atoms with Gasteiger partial charge in [0.15, 0.2) is 6.10 Å². The summed E-state index contributed by atoms with van der Waals surface area (Å²) in [6.45, 7) is 2.42. The number of nitrogens with one attached hydrogen (secondary N) is 1. The Morgan fingerprint density at radius 3 is 2.70 bits per heavy atom. The molecule has 1 aliphatic carbocycles. The van der Waals surface area contributed by atoms with E-state index < -0.39 is 6.10 Å². The van der Waals surface area contributed by atoms with E-state index in [1.54, 1.807) is 14.0 Å². The Morgan fingerprint density at radius 1 is 1.11 bits per heavy atom. The van der Waals surface area contributed by atoms with E-state index in [0.29, 0.717) is 6.54 Å². The summed E-state index contributed by atoms with van der Waals surface area (Å²) in [5.74, 6) is 1.60. The largest absolute Gasteiger partial charge is 0.496 e. The molecular formula is C23H29NO3. The number of benzene rings is 2. The average molecular weight is 367 g/mol. The number of fused-ring (bicyclic) bond motifs is 1. The lowest BCUT2D eigenvalue weighted by molar-refractivity contribution is -0.127. The van der Waals surface area contributed by atoms with Crippen LogP contribution in [0.1, 0.15) is 42.9 Å². The van der Waals surface area contributed by atoms with E-state index in [0.717, 1.165) is 42.7 Å². The minimum atomic E-state index is -0.502. The van der Waals surface area contributed by atoms with Crippen LogP contribution in [-0.4, -0.2) is 25.7 Å². The Balaban J connectivity index is 1.44. The number of ether oxygens (including phenoxy) is 2. The van der Waals surface area contributed by atoms with Crippen LogP contribution in [0.3, 0.4) is 0 Å². The number of carbonyl (C=O) groups excluding carboxylic acids is 1. The third kappa shape index (κ3) is 5.25. The number of rotatable bonds is 8. The van der Waals surface area contributed by atoms with Gasteiger partial charge in [0.2, 0.25) is 0 Å². The summed E-state index contributed by atoms with van der Waals surface area (Å²) in [5, 5.41) is 2.97. The molecule has 1 N–H and O–H groups in total. The molecule has 0 aromatic heterocycles. The Labute approximate surface area is 161 Å². The van der Waals surface area contributed by atoms with Gasteiger partial charge in [-0.1, -0.05) is 24.3 Å². The van der Waals surface area contributed by atoms with Gasteiger partial charge in [-0.05, 0) is 80.3 Å². The van der Waals surface area contributed by atoms with Gasteiger partial charge in [0, 0.05) is 6.54 Å². The van der Waals surface area contributed by atoms with Crippen LogP contribution >= 0.6 is 0 Å². The van der Waals surface area contributed by atoms with Gasteiger partial charge in [-0.2, -0.15) is 0 Å². The van der Waals surface area contributed by atoms with Crippen molar-refractivity contribution in [3.63, 3.8) is 0 Å². The number of amides is 1. The SMILES string of the molecule is COc1ccccc1CCCNC(=O)[C@@H](C)Oc1ccc2c(c1)CCCC2. The molecule has 0 spiro atoms. The highest BCUT2D eigenvalue weighted by Gasteiger charge is 2.16. The maximum Gasteiger partial charge on any atom is 0.260 e. The summed E-state index contributed by atoms with van der Waals surface area (Å²) in [6, 6.07) is 14.2. The zero-order valence-corrected chi connectivity index (χ0v) is 16.3. The summed E-state index contributed by atoms with van der Waals surface area (Å²) in [6.07, 6.45) is 5.98. The number of hydrogen-bond donors (Lipinski definition) is 1. The van der Waals surface area contributed by atoms with Crippen molar-refractivity contribution >= 4 is 5.91 Å². The molecule has 1 aliphatic rings. The van der Waals surface area contributed by atoms with Crippen molar-refractivity contribution < 1.29 is 14.3 Å². The smallest absolute Gasteiger partial charge is 0.260 e. The zero-order valence-electron chi connectivity index (χ0n) is 16.3. The van der Waals surface area contributed by atoms with E-state index in [9.17, 15) is 4.79 Å². The van der Waals surface area contributed by atoms with E-state index in [-0.39, 0.29) is 5.91 Å². The molecule has 0 heterocycles. The second-order valence-corrected chi connectivity index (χ2v) is 7.10. The second-order valence-electron chi connectivity index (χ2n) is 7.10. The first kappa shape index (κ1) is 19.3. The fraction of sp³-hybridized carbons (Fsp3) is 0.435. The molecule has 1 amide bonds. The standard InChI is InChI=1S/C23H29NO3/c1-17(27-21-14-13-18-8-3-4-10-20(18)16-21)23(25)24-15-7-11-19-9-5-6-12-22(19)26-2/h5-6,9,12-14,16-17H,3-4,7-8,10-11,15H2,1-2H3,(H,24,25)/t17-/m1/s1. The van der Waals surface area contributed by atoms with Crippen LogP contribution in [0.2, 0.25) is 0 Å². The second kappa shape index (κ2) is 9.45. The number of hydrogen-bond acceptors (Lipinski definition) is 3. The predicted octanol–water partition coefficient (Wildman–Crippen LogP) is 4.09. The maximum atomic E-state index is 12.3. The van der Waals surface area contributed by atoms with Gasteiger partial charge in [-0.25, -0.2) is 0 Å². The quantitative estimate of drug-likeness (QED) is 0.715. The number of carbonyl (C=O) groups is 1. The molecule has 4 nitrogen and oxygen atoms in total. The van der Waals surface area contributed by atoms with Crippen molar-refractivity contribution in [2.45, 2.75) is 51.6 Å². The molecule has 0 unspecified atom stereocenters. The highest BCUT2D eigenvalue weighted by molar-refractivity contribution is 5.80. The Morgan fingerprint density at radius 2 is 1.89 bits per heavy atom. The predicted molar refractivity (Wildman–Crippen MR) is 107 cm³/mol. The van der Waals surface area contributed by atoms with Crippen molar-refractivity contribution in [1.29, 1.82) is 0 Å². The Bertz CT molecular complexity index is 772. The van der Waals surface area contributed by atoms with Crippen molar-refractivity contribution in [3.05, 3.63) is 59.2 Å². The van der Waals surface area contributed by atoms with Crippen molar-refractivity contribution in [1.82, 2.24) is 5.32 Å². The molecule has 0 aliphatic heterocycles. The molecule has 3 rings (SSSR count). The summed E-state index contributed by atoms with van der Waals surface area (Å²) >= 11 is 0.